The van der Waals surface area contributed by atoms with E-state index in [0.717, 1.165) is 60.2 Å². The number of hydrogen-bond acceptors (Lipinski definition) is 6. The Morgan fingerprint density at radius 3 is 2.65 bits per heavy atom. The fraction of sp³-hybridized carbons (Fsp3) is 0.708. The number of aromatic nitrogens is 2. The molecule has 2 atom stereocenters. The van der Waals surface area contributed by atoms with Gasteiger partial charge in [-0.3, -0.25) is 0 Å². The Labute approximate surface area is 193 Å². The van der Waals surface area contributed by atoms with E-state index in [1.165, 1.54) is 30.6 Å². The van der Waals surface area contributed by atoms with Gasteiger partial charge < -0.3 is 9.64 Å². The molecule has 31 heavy (non-hydrogen) atoms. The molecule has 2 aromatic heterocycles. The van der Waals surface area contributed by atoms with E-state index in [1.54, 1.807) is 0 Å². The van der Waals surface area contributed by atoms with Gasteiger partial charge in [0.25, 0.3) is 0 Å². The summed E-state index contributed by atoms with van der Waals surface area (Å²) in [5.74, 6) is 0.676. The first-order valence-electron chi connectivity index (χ1n) is 11.6. The fourth-order valence-corrected chi connectivity index (χ4v) is 7.86. The van der Waals surface area contributed by atoms with E-state index >= 15 is 0 Å². The smallest absolute Gasteiger partial charge is 0.348 e. The summed E-state index contributed by atoms with van der Waals surface area (Å²) in [6.45, 7) is 10.1. The van der Waals surface area contributed by atoms with E-state index in [1.807, 2.05) is 6.92 Å². The Balaban J connectivity index is 1.52. The highest BCUT2D eigenvalue weighted by atomic mass is 35.5. The van der Waals surface area contributed by atoms with E-state index < -0.39 is 0 Å². The van der Waals surface area contributed by atoms with Crippen LogP contribution in [0.4, 0.5) is 5.82 Å². The van der Waals surface area contributed by atoms with Crippen molar-refractivity contribution in [2.24, 2.45) is 10.8 Å². The summed E-state index contributed by atoms with van der Waals surface area (Å²) >= 11 is 7.77. The summed E-state index contributed by atoms with van der Waals surface area (Å²) in [6, 6.07) is 0.444. The van der Waals surface area contributed by atoms with Gasteiger partial charge in [-0.2, -0.15) is 4.98 Å². The van der Waals surface area contributed by atoms with Crippen molar-refractivity contribution in [1.82, 2.24) is 9.97 Å². The minimum absolute atomic E-state index is 0.0417. The molecule has 1 aliphatic heterocycles. The van der Waals surface area contributed by atoms with Gasteiger partial charge in [0.15, 0.2) is 0 Å². The average Bonchev–Trinajstić information content (AvgIpc) is 3.14. The Kier molecular flexibility index (Phi) is 5.25. The average molecular weight is 462 g/mol. The van der Waals surface area contributed by atoms with E-state index in [4.69, 9.17) is 21.3 Å². The van der Waals surface area contributed by atoms with Crippen LogP contribution >= 0.6 is 22.9 Å². The summed E-state index contributed by atoms with van der Waals surface area (Å²) in [7, 11) is 0. The van der Waals surface area contributed by atoms with Gasteiger partial charge in [0.05, 0.1) is 5.39 Å². The third-order valence-electron chi connectivity index (χ3n) is 7.44. The number of esters is 1. The summed E-state index contributed by atoms with van der Waals surface area (Å²) in [6.07, 6.45) is 9.04. The van der Waals surface area contributed by atoms with Crippen LogP contribution in [0.1, 0.15) is 87.4 Å². The van der Waals surface area contributed by atoms with Crippen LogP contribution in [0.25, 0.3) is 10.2 Å². The second-order valence-corrected chi connectivity index (χ2v) is 12.4. The van der Waals surface area contributed by atoms with Crippen LogP contribution in [-0.2, 0) is 4.74 Å². The third-order valence-corrected chi connectivity index (χ3v) is 8.78. The lowest BCUT2D eigenvalue weighted by molar-refractivity contribution is 0.0216. The van der Waals surface area contributed by atoms with Crippen molar-refractivity contribution in [2.45, 2.75) is 91.2 Å². The van der Waals surface area contributed by atoms with Crippen molar-refractivity contribution < 1.29 is 9.53 Å². The molecule has 1 saturated heterocycles. The molecule has 2 aromatic rings. The molecule has 168 valence electrons. The number of anilines is 1. The largest absolute Gasteiger partial charge is 0.458 e. The molecule has 2 aliphatic carbocycles. The summed E-state index contributed by atoms with van der Waals surface area (Å²) < 4.78 is 5.87. The second kappa shape index (κ2) is 7.58. The van der Waals surface area contributed by atoms with E-state index in [9.17, 15) is 4.79 Å². The molecule has 0 spiro atoms. The van der Waals surface area contributed by atoms with Gasteiger partial charge in [-0.15, -0.1) is 11.3 Å². The number of carbonyl (C=O) groups is 1. The number of nitrogens with zero attached hydrogens (tertiary/aromatic N) is 3. The lowest BCUT2D eigenvalue weighted by Crippen LogP contribution is -2.35. The van der Waals surface area contributed by atoms with E-state index in [0.29, 0.717) is 16.3 Å². The van der Waals surface area contributed by atoms with Gasteiger partial charge in [0.2, 0.25) is 5.28 Å². The standard InChI is InChI=1S/C24H32ClN3O2S/c1-14-17-19(28-13-24(4)11-15(28)10-23(2,3)12-24)26-22(25)27-20(17)31-18(14)21(29)30-16-8-6-5-7-9-16/h15-16H,5-13H2,1-4H3. The lowest BCUT2D eigenvalue weighted by Gasteiger charge is -2.39. The lowest BCUT2D eigenvalue weighted by atomic mass is 9.65. The van der Waals surface area contributed by atoms with Crippen LogP contribution in [0.3, 0.4) is 0 Å². The van der Waals surface area contributed by atoms with Crippen LogP contribution in [0.5, 0.6) is 0 Å². The normalized spacial score (nSPS) is 28.3. The molecule has 3 fully saturated rings. The van der Waals surface area contributed by atoms with E-state index in [-0.39, 0.29) is 22.8 Å². The summed E-state index contributed by atoms with van der Waals surface area (Å²) in [5, 5.41) is 1.22. The Morgan fingerprint density at radius 1 is 1.16 bits per heavy atom. The molecule has 0 radical (unpaired) electrons. The zero-order chi connectivity index (χ0) is 22.0. The van der Waals surface area contributed by atoms with Crippen LogP contribution in [0, 0.1) is 17.8 Å². The molecular formula is C24H32ClN3O2S. The minimum Gasteiger partial charge on any atom is -0.458 e. The first kappa shape index (κ1) is 21.4. The maximum atomic E-state index is 13.0. The Bertz CT molecular complexity index is 1030. The molecule has 5 rings (SSSR count). The summed E-state index contributed by atoms with van der Waals surface area (Å²) in [5.41, 5.74) is 1.53. The maximum Gasteiger partial charge on any atom is 0.348 e. The van der Waals surface area contributed by atoms with E-state index in [2.05, 4.69) is 30.7 Å². The molecule has 2 bridgehead atoms. The summed E-state index contributed by atoms with van der Waals surface area (Å²) in [4.78, 5) is 26.1. The van der Waals surface area contributed by atoms with Crippen LogP contribution in [0.2, 0.25) is 5.28 Å². The highest BCUT2D eigenvalue weighted by Gasteiger charge is 2.50. The number of hydrogen-bond donors (Lipinski definition) is 0. The molecule has 3 aliphatic rings. The number of halogens is 1. The zero-order valence-electron chi connectivity index (χ0n) is 19.0. The highest BCUT2D eigenvalue weighted by Crippen LogP contribution is 2.54. The van der Waals surface area contributed by atoms with Gasteiger partial charge in [-0.05, 0) is 79.9 Å². The van der Waals surface area contributed by atoms with Crippen molar-refractivity contribution in [3.8, 4) is 0 Å². The number of aryl methyl sites for hydroxylation is 1. The molecule has 2 unspecified atom stereocenters. The predicted octanol–water partition coefficient (Wildman–Crippen LogP) is 6.55. The fourth-order valence-electron chi connectivity index (χ4n) is 6.59. The monoisotopic (exact) mass is 461 g/mol. The zero-order valence-corrected chi connectivity index (χ0v) is 20.5. The number of thiophene rings is 1. The van der Waals surface area contributed by atoms with Crippen molar-refractivity contribution in [3.05, 3.63) is 15.7 Å². The third kappa shape index (κ3) is 3.95. The van der Waals surface area contributed by atoms with Crippen LogP contribution in [-0.4, -0.2) is 34.6 Å². The van der Waals surface area contributed by atoms with Gasteiger partial charge in [0.1, 0.15) is 21.6 Å². The second-order valence-electron chi connectivity index (χ2n) is 11.1. The van der Waals surface area contributed by atoms with Gasteiger partial charge in [-0.1, -0.05) is 27.2 Å². The molecule has 2 saturated carbocycles. The molecule has 0 aromatic carbocycles. The topological polar surface area (TPSA) is 55.3 Å². The molecule has 3 heterocycles. The first-order chi connectivity index (χ1) is 14.6. The highest BCUT2D eigenvalue weighted by molar-refractivity contribution is 7.20. The SMILES string of the molecule is Cc1c(C(=O)OC2CCCCC2)sc2nc(Cl)nc(N3CC4(C)CC3CC(C)(C)C4)c12. The molecule has 5 nitrogen and oxygen atoms in total. The predicted molar refractivity (Wildman–Crippen MR) is 126 cm³/mol. The number of fused-ring (bicyclic) bond motifs is 3. The van der Waals surface area contributed by atoms with Gasteiger partial charge in [0, 0.05) is 12.6 Å². The molecule has 0 N–H and O–H groups in total. The quantitative estimate of drug-likeness (QED) is 0.383. The van der Waals surface area contributed by atoms with Crippen molar-refractivity contribution in [2.75, 3.05) is 11.4 Å². The minimum atomic E-state index is -0.220. The van der Waals surface area contributed by atoms with Gasteiger partial charge in [-0.25, -0.2) is 9.78 Å². The number of ether oxygens (including phenoxy) is 1. The maximum absolute atomic E-state index is 13.0. The van der Waals surface area contributed by atoms with Crippen molar-refractivity contribution >= 4 is 44.9 Å². The molecular weight excluding hydrogens is 430 g/mol. The molecule has 7 heteroatoms. The Hall–Kier alpha value is -1.40. The number of carbonyl (C=O) groups excluding carboxylic acids is 1. The van der Waals surface area contributed by atoms with Crippen LogP contribution < -0.4 is 4.90 Å². The number of rotatable bonds is 3. The Morgan fingerprint density at radius 2 is 1.90 bits per heavy atom. The van der Waals surface area contributed by atoms with Crippen molar-refractivity contribution in [3.63, 3.8) is 0 Å². The van der Waals surface area contributed by atoms with Crippen molar-refractivity contribution in [1.29, 1.82) is 0 Å². The van der Waals surface area contributed by atoms with Crippen LogP contribution in [0.15, 0.2) is 0 Å². The first-order valence-corrected chi connectivity index (χ1v) is 12.8. The van der Waals surface area contributed by atoms with Gasteiger partial charge >= 0.3 is 5.97 Å². The molecule has 0 amide bonds.